The van der Waals surface area contributed by atoms with Gasteiger partial charge in [-0.2, -0.15) is 4.98 Å². The van der Waals surface area contributed by atoms with Crippen LogP contribution in [0.5, 0.6) is 11.5 Å². The van der Waals surface area contributed by atoms with E-state index in [4.69, 9.17) is 20.9 Å². The molecule has 0 radical (unpaired) electrons. The fourth-order valence-corrected chi connectivity index (χ4v) is 2.86. The topological polar surface area (TPSA) is 108 Å². The van der Waals surface area contributed by atoms with Gasteiger partial charge in [-0.3, -0.25) is 0 Å². The van der Waals surface area contributed by atoms with Gasteiger partial charge in [0.25, 0.3) is 0 Å². The molecule has 7 nitrogen and oxygen atoms in total. The summed E-state index contributed by atoms with van der Waals surface area (Å²) in [6.07, 6.45) is 0.314. The number of nitrogens with one attached hydrogen (secondary N) is 1. The molecule has 0 bridgehead atoms. The molecular weight excluding hydrogens is 380 g/mol. The molecule has 0 saturated heterocycles. The van der Waals surface area contributed by atoms with E-state index in [-0.39, 0.29) is 29.6 Å². The highest BCUT2D eigenvalue weighted by molar-refractivity contribution is 5.66. The van der Waals surface area contributed by atoms with Crippen LogP contribution in [-0.2, 0) is 13.0 Å². The number of hydrogen-bond acceptors (Lipinski definition) is 7. The summed E-state index contributed by atoms with van der Waals surface area (Å²) >= 11 is 0. The van der Waals surface area contributed by atoms with Crippen LogP contribution in [0.25, 0.3) is 0 Å². The number of benzene rings is 2. The van der Waals surface area contributed by atoms with Gasteiger partial charge in [-0.05, 0) is 18.2 Å². The Morgan fingerprint density at radius 2 is 1.72 bits per heavy atom. The van der Waals surface area contributed by atoms with Crippen molar-refractivity contribution >= 4 is 17.5 Å². The van der Waals surface area contributed by atoms with Gasteiger partial charge in [0.05, 0.1) is 25.6 Å². The largest absolute Gasteiger partial charge is 0.497 e. The van der Waals surface area contributed by atoms with Crippen LogP contribution in [0.1, 0.15) is 16.8 Å². The summed E-state index contributed by atoms with van der Waals surface area (Å²) < 4.78 is 38.3. The van der Waals surface area contributed by atoms with Gasteiger partial charge in [-0.25, -0.2) is 13.8 Å². The Morgan fingerprint density at radius 1 is 1.00 bits per heavy atom. The lowest BCUT2D eigenvalue weighted by Gasteiger charge is -2.15. The van der Waals surface area contributed by atoms with Crippen LogP contribution in [0.15, 0.2) is 36.4 Å². The van der Waals surface area contributed by atoms with Crippen LogP contribution in [-0.4, -0.2) is 24.2 Å². The van der Waals surface area contributed by atoms with E-state index in [9.17, 15) is 8.78 Å². The van der Waals surface area contributed by atoms with Gasteiger partial charge in [0, 0.05) is 30.2 Å². The quantitative estimate of drug-likeness (QED) is 0.558. The highest BCUT2D eigenvalue weighted by atomic mass is 19.1. The van der Waals surface area contributed by atoms with E-state index in [0.717, 1.165) is 5.56 Å². The summed E-state index contributed by atoms with van der Waals surface area (Å²) in [6.45, 7) is -0.148. The molecule has 3 rings (SSSR count). The Kier molecular flexibility index (Phi) is 5.96. The lowest BCUT2D eigenvalue weighted by Crippen LogP contribution is -2.13. The van der Waals surface area contributed by atoms with E-state index in [1.807, 2.05) is 6.07 Å². The van der Waals surface area contributed by atoms with Crippen molar-refractivity contribution in [2.24, 2.45) is 0 Å². The van der Waals surface area contributed by atoms with Crippen LogP contribution in [0.2, 0.25) is 0 Å². The van der Waals surface area contributed by atoms with Gasteiger partial charge in [-0.15, -0.1) is 0 Å². The van der Waals surface area contributed by atoms with E-state index in [0.29, 0.717) is 23.6 Å². The third-order valence-electron chi connectivity index (χ3n) is 4.39. The minimum absolute atomic E-state index is 0.0156. The van der Waals surface area contributed by atoms with Crippen molar-refractivity contribution in [3.63, 3.8) is 0 Å². The highest BCUT2D eigenvalue weighted by Gasteiger charge is 2.15. The first-order valence-electron chi connectivity index (χ1n) is 8.72. The second-order valence-corrected chi connectivity index (χ2v) is 6.20. The maximum Gasteiger partial charge on any atom is 0.222 e. The SMILES string of the molecule is COc1ccc(Cc2nc(N)nc(NCc3c(F)cccc3F)c2N)c(OC)c1. The summed E-state index contributed by atoms with van der Waals surface area (Å²) in [5.41, 5.74) is 13.4. The number of rotatable bonds is 7. The Hall–Kier alpha value is -3.62. The lowest BCUT2D eigenvalue weighted by molar-refractivity contribution is 0.391. The minimum Gasteiger partial charge on any atom is -0.497 e. The summed E-state index contributed by atoms with van der Waals surface area (Å²) in [6, 6.07) is 9.02. The Balaban J connectivity index is 1.88. The zero-order valence-electron chi connectivity index (χ0n) is 16.0. The molecule has 0 spiro atoms. The number of hydrogen-bond donors (Lipinski definition) is 3. The van der Waals surface area contributed by atoms with E-state index in [1.54, 1.807) is 26.4 Å². The van der Waals surface area contributed by atoms with Crippen molar-refractivity contribution in [2.45, 2.75) is 13.0 Å². The molecule has 152 valence electrons. The summed E-state index contributed by atoms with van der Waals surface area (Å²) in [7, 11) is 3.11. The first-order chi connectivity index (χ1) is 13.9. The molecule has 5 N–H and O–H groups in total. The van der Waals surface area contributed by atoms with Gasteiger partial charge in [0.2, 0.25) is 5.95 Å². The third kappa shape index (κ3) is 4.45. The zero-order chi connectivity index (χ0) is 21.0. The smallest absolute Gasteiger partial charge is 0.222 e. The number of anilines is 3. The van der Waals surface area contributed by atoms with Crippen molar-refractivity contribution in [2.75, 3.05) is 31.0 Å². The molecule has 0 aliphatic heterocycles. The zero-order valence-corrected chi connectivity index (χ0v) is 16.0. The normalized spacial score (nSPS) is 10.6. The average Bonchev–Trinajstić information content (AvgIpc) is 2.71. The van der Waals surface area contributed by atoms with E-state index in [2.05, 4.69) is 15.3 Å². The molecule has 2 aromatic carbocycles. The standard InChI is InChI=1S/C20H21F2N5O2/c1-28-12-7-6-11(17(9-12)29-2)8-16-18(23)19(27-20(24)26-16)25-10-13-14(21)4-3-5-15(13)22/h3-7,9H,8,10,23H2,1-2H3,(H3,24,25,26,27). The van der Waals surface area contributed by atoms with Crippen LogP contribution in [0.4, 0.5) is 26.2 Å². The van der Waals surface area contributed by atoms with E-state index < -0.39 is 11.6 Å². The van der Waals surface area contributed by atoms with Gasteiger partial charge in [0.15, 0.2) is 5.82 Å². The predicted octanol–water partition coefficient (Wildman–Crippen LogP) is 3.14. The number of nitrogens with zero attached hydrogens (tertiary/aromatic N) is 2. The van der Waals surface area contributed by atoms with Crippen LogP contribution >= 0.6 is 0 Å². The maximum atomic E-state index is 13.9. The van der Waals surface area contributed by atoms with E-state index >= 15 is 0 Å². The molecule has 0 unspecified atom stereocenters. The van der Waals surface area contributed by atoms with Gasteiger partial charge in [-0.1, -0.05) is 12.1 Å². The Bertz CT molecular complexity index is 1010. The molecule has 0 atom stereocenters. The predicted molar refractivity (Wildman–Crippen MR) is 107 cm³/mol. The lowest BCUT2D eigenvalue weighted by atomic mass is 10.1. The van der Waals surface area contributed by atoms with Crippen LogP contribution < -0.4 is 26.3 Å². The molecule has 1 aromatic heterocycles. The van der Waals surface area contributed by atoms with Crippen molar-refractivity contribution in [1.29, 1.82) is 0 Å². The van der Waals surface area contributed by atoms with Crippen LogP contribution in [0.3, 0.4) is 0 Å². The molecular formula is C20H21F2N5O2. The third-order valence-corrected chi connectivity index (χ3v) is 4.39. The molecule has 0 fully saturated rings. The number of halogens is 2. The van der Waals surface area contributed by atoms with Gasteiger partial charge in [0.1, 0.15) is 23.1 Å². The molecule has 1 heterocycles. The Morgan fingerprint density at radius 3 is 2.38 bits per heavy atom. The number of ether oxygens (including phenoxy) is 2. The number of methoxy groups -OCH3 is 2. The molecule has 29 heavy (non-hydrogen) atoms. The maximum absolute atomic E-state index is 13.9. The number of aromatic nitrogens is 2. The molecule has 9 heteroatoms. The molecule has 3 aromatic rings. The molecule has 0 aliphatic carbocycles. The van der Waals surface area contributed by atoms with Crippen molar-refractivity contribution < 1.29 is 18.3 Å². The fraction of sp³-hybridized carbons (Fsp3) is 0.200. The van der Waals surface area contributed by atoms with Crippen molar-refractivity contribution in [3.05, 3.63) is 64.9 Å². The first kappa shape index (κ1) is 20.1. The summed E-state index contributed by atoms with van der Waals surface area (Å²) in [5, 5.41) is 2.84. The number of nitrogens with two attached hydrogens (primary N) is 2. The average molecular weight is 401 g/mol. The van der Waals surface area contributed by atoms with Crippen molar-refractivity contribution in [3.8, 4) is 11.5 Å². The number of nitrogen functional groups attached to an aromatic ring is 2. The highest BCUT2D eigenvalue weighted by Crippen LogP contribution is 2.30. The molecule has 0 saturated carbocycles. The fourth-order valence-electron chi connectivity index (χ4n) is 2.86. The summed E-state index contributed by atoms with van der Waals surface area (Å²) in [4.78, 5) is 8.26. The molecule has 0 aliphatic rings. The van der Waals surface area contributed by atoms with Gasteiger partial charge >= 0.3 is 0 Å². The summed E-state index contributed by atoms with van der Waals surface area (Å²) in [5.74, 6) is 0.0994. The monoisotopic (exact) mass is 401 g/mol. The van der Waals surface area contributed by atoms with Crippen LogP contribution in [0, 0.1) is 11.6 Å². The second kappa shape index (κ2) is 8.59. The molecule has 0 amide bonds. The first-order valence-corrected chi connectivity index (χ1v) is 8.72. The van der Waals surface area contributed by atoms with Gasteiger partial charge < -0.3 is 26.3 Å². The minimum atomic E-state index is -0.665. The second-order valence-electron chi connectivity index (χ2n) is 6.20. The van der Waals surface area contributed by atoms with E-state index in [1.165, 1.54) is 18.2 Å². The van der Waals surface area contributed by atoms with Crippen molar-refractivity contribution in [1.82, 2.24) is 9.97 Å². The Labute approximate surface area is 166 Å².